The summed E-state index contributed by atoms with van der Waals surface area (Å²) >= 11 is 0. The first-order chi connectivity index (χ1) is 11.9. The fraction of sp³-hybridized carbons (Fsp3) is 0.611. The zero-order valence-corrected chi connectivity index (χ0v) is 16.5. The van der Waals surface area contributed by atoms with Gasteiger partial charge in [-0.1, -0.05) is 6.07 Å². The maximum absolute atomic E-state index is 12.7. The molecule has 3 aliphatic rings. The number of aryl methyl sites for hydroxylation is 1. The van der Waals surface area contributed by atoms with Crippen molar-refractivity contribution >= 4 is 39.7 Å². The van der Waals surface area contributed by atoms with Crippen LogP contribution in [0.25, 0.3) is 0 Å². The van der Waals surface area contributed by atoms with Crippen LogP contribution in [0.2, 0.25) is 0 Å². The number of nitrogens with zero attached hydrogens (tertiary/aromatic N) is 1. The molecule has 0 aromatic heterocycles. The number of nitrogens with two attached hydrogens (primary N) is 1. The minimum absolute atomic E-state index is 0. The topological polar surface area (TPSA) is 92.5 Å². The lowest BCUT2D eigenvalue weighted by Crippen LogP contribution is -2.42. The van der Waals surface area contributed by atoms with Crippen molar-refractivity contribution in [1.29, 1.82) is 0 Å². The summed E-state index contributed by atoms with van der Waals surface area (Å²) in [5, 5.41) is 2.98. The number of hydrogen-bond acceptors (Lipinski definition) is 4. The molecule has 2 saturated carbocycles. The van der Waals surface area contributed by atoms with E-state index >= 15 is 0 Å². The van der Waals surface area contributed by atoms with Crippen LogP contribution in [0.1, 0.15) is 31.2 Å². The largest absolute Gasteiger partial charge is 0.327 e. The summed E-state index contributed by atoms with van der Waals surface area (Å²) in [6.07, 6.45) is 3.92. The Morgan fingerprint density at radius 3 is 2.62 bits per heavy atom. The third-order valence-electron chi connectivity index (χ3n) is 6.13. The summed E-state index contributed by atoms with van der Waals surface area (Å²) in [5.74, 6) is 0.897. The van der Waals surface area contributed by atoms with E-state index in [0.29, 0.717) is 36.2 Å². The van der Waals surface area contributed by atoms with Gasteiger partial charge in [0.05, 0.1) is 17.4 Å². The molecule has 4 unspecified atom stereocenters. The molecular formula is C18H26ClN3O3S. The maximum atomic E-state index is 12.7. The Morgan fingerprint density at radius 2 is 2.00 bits per heavy atom. The van der Waals surface area contributed by atoms with Crippen molar-refractivity contribution < 1.29 is 13.2 Å². The van der Waals surface area contributed by atoms with Crippen LogP contribution in [0, 0.1) is 24.7 Å². The standard InChI is InChI=1S/C18H25N3O3S.ClH/c1-11-3-6-14(10-15(11)21-7-2-8-25(21,23)24)20-18(22)16-12-4-5-13(9-12)17(16)19;/h3,6,10,12-13,16-17H,2,4-5,7-9,19H2,1H3,(H,20,22);1H. The second-order valence-electron chi connectivity index (χ2n) is 7.67. The number of carbonyl (C=O) groups excluding carboxylic acids is 1. The number of fused-ring (bicyclic) bond motifs is 2. The highest BCUT2D eigenvalue weighted by Crippen LogP contribution is 2.48. The van der Waals surface area contributed by atoms with E-state index in [4.69, 9.17) is 5.73 Å². The Labute approximate surface area is 161 Å². The molecule has 3 N–H and O–H groups in total. The van der Waals surface area contributed by atoms with E-state index in [9.17, 15) is 13.2 Å². The first kappa shape index (κ1) is 19.5. The molecule has 0 spiro atoms. The van der Waals surface area contributed by atoms with Gasteiger partial charge in [-0.3, -0.25) is 9.10 Å². The van der Waals surface area contributed by atoms with Gasteiger partial charge in [-0.2, -0.15) is 0 Å². The van der Waals surface area contributed by atoms with Crippen LogP contribution in [0.15, 0.2) is 18.2 Å². The van der Waals surface area contributed by atoms with Crippen LogP contribution in [0.4, 0.5) is 11.4 Å². The number of carbonyl (C=O) groups is 1. The third-order valence-corrected chi connectivity index (χ3v) is 7.98. The lowest BCUT2D eigenvalue weighted by atomic mass is 9.84. The summed E-state index contributed by atoms with van der Waals surface area (Å²) in [4.78, 5) is 12.7. The molecule has 1 aromatic carbocycles. The number of rotatable bonds is 3. The average molecular weight is 400 g/mol. The first-order valence-corrected chi connectivity index (χ1v) is 10.7. The normalized spacial score (nSPS) is 31.7. The lowest BCUT2D eigenvalue weighted by molar-refractivity contribution is -0.121. The highest BCUT2D eigenvalue weighted by molar-refractivity contribution is 7.93. The minimum Gasteiger partial charge on any atom is -0.327 e. The van der Waals surface area contributed by atoms with Crippen molar-refractivity contribution in [1.82, 2.24) is 0 Å². The van der Waals surface area contributed by atoms with Crippen LogP contribution in [-0.4, -0.2) is 32.7 Å². The molecule has 6 nitrogen and oxygen atoms in total. The number of anilines is 2. The molecule has 4 atom stereocenters. The Kier molecular flexibility index (Phi) is 5.25. The zero-order chi connectivity index (χ0) is 17.8. The number of halogens is 1. The maximum Gasteiger partial charge on any atom is 0.235 e. The molecule has 1 amide bonds. The predicted octanol–water partition coefficient (Wildman–Crippen LogP) is 2.27. The molecule has 1 heterocycles. The number of hydrogen-bond donors (Lipinski definition) is 2. The van der Waals surface area contributed by atoms with Gasteiger partial charge in [0.2, 0.25) is 15.9 Å². The molecule has 3 fully saturated rings. The van der Waals surface area contributed by atoms with E-state index in [-0.39, 0.29) is 36.0 Å². The highest BCUT2D eigenvalue weighted by Gasteiger charge is 2.49. The molecule has 0 radical (unpaired) electrons. The van der Waals surface area contributed by atoms with Crippen molar-refractivity contribution in [3.63, 3.8) is 0 Å². The van der Waals surface area contributed by atoms with Gasteiger partial charge in [0.1, 0.15) is 0 Å². The fourth-order valence-electron chi connectivity index (χ4n) is 4.82. The van der Waals surface area contributed by atoms with E-state index in [0.717, 1.165) is 24.8 Å². The third kappa shape index (κ3) is 3.21. The molecule has 1 aliphatic heterocycles. The van der Waals surface area contributed by atoms with Gasteiger partial charge in [0.25, 0.3) is 0 Å². The number of sulfonamides is 1. The molecule has 2 aliphatic carbocycles. The van der Waals surface area contributed by atoms with Gasteiger partial charge in [-0.05, 0) is 62.1 Å². The summed E-state index contributed by atoms with van der Waals surface area (Å²) in [7, 11) is -3.24. The number of amides is 1. The van der Waals surface area contributed by atoms with Crippen molar-refractivity contribution in [3.8, 4) is 0 Å². The molecule has 2 bridgehead atoms. The molecular weight excluding hydrogens is 374 g/mol. The van der Waals surface area contributed by atoms with Crippen molar-refractivity contribution in [3.05, 3.63) is 23.8 Å². The van der Waals surface area contributed by atoms with Crippen molar-refractivity contribution in [2.75, 3.05) is 21.9 Å². The van der Waals surface area contributed by atoms with Crippen LogP contribution in [-0.2, 0) is 14.8 Å². The molecule has 26 heavy (non-hydrogen) atoms. The Bertz CT molecular complexity index is 812. The SMILES string of the molecule is Cc1ccc(NC(=O)C2C3CCC(C3)C2N)cc1N1CCCS1(=O)=O.Cl. The van der Waals surface area contributed by atoms with E-state index in [2.05, 4.69) is 5.32 Å². The molecule has 1 aromatic rings. The lowest BCUT2D eigenvalue weighted by Gasteiger charge is -2.27. The van der Waals surface area contributed by atoms with Crippen LogP contribution < -0.4 is 15.4 Å². The van der Waals surface area contributed by atoms with Crippen molar-refractivity contribution in [2.24, 2.45) is 23.5 Å². The quantitative estimate of drug-likeness (QED) is 0.815. The smallest absolute Gasteiger partial charge is 0.235 e. The second-order valence-corrected chi connectivity index (χ2v) is 9.68. The van der Waals surface area contributed by atoms with E-state index in [1.807, 2.05) is 19.1 Å². The van der Waals surface area contributed by atoms with Crippen LogP contribution in [0.5, 0.6) is 0 Å². The van der Waals surface area contributed by atoms with Crippen LogP contribution in [0.3, 0.4) is 0 Å². The predicted molar refractivity (Wildman–Crippen MR) is 105 cm³/mol. The van der Waals surface area contributed by atoms with Gasteiger partial charge in [-0.15, -0.1) is 12.4 Å². The molecule has 4 rings (SSSR count). The van der Waals surface area contributed by atoms with Crippen molar-refractivity contribution in [2.45, 2.75) is 38.6 Å². The highest BCUT2D eigenvalue weighted by atomic mass is 35.5. The fourth-order valence-corrected chi connectivity index (χ4v) is 6.43. The van der Waals surface area contributed by atoms with Crippen LogP contribution >= 0.6 is 12.4 Å². The minimum atomic E-state index is -3.24. The summed E-state index contributed by atoms with van der Waals surface area (Å²) in [6.45, 7) is 2.39. The Balaban J connectivity index is 0.00000196. The van der Waals surface area contributed by atoms with Gasteiger partial charge in [-0.25, -0.2) is 8.42 Å². The average Bonchev–Trinajstić information content (AvgIpc) is 3.23. The summed E-state index contributed by atoms with van der Waals surface area (Å²) in [5.41, 5.74) is 8.45. The molecule has 8 heteroatoms. The molecule has 144 valence electrons. The second kappa shape index (κ2) is 7.02. The Hall–Kier alpha value is -1.31. The summed E-state index contributed by atoms with van der Waals surface area (Å²) < 4.78 is 25.9. The van der Waals surface area contributed by atoms with E-state index in [1.165, 1.54) is 4.31 Å². The number of nitrogens with one attached hydrogen (secondary N) is 1. The van der Waals surface area contributed by atoms with E-state index < -0.39 is 10.0 Å². The van der Waals surface area contributed by atoms with Gasteiger partial charge in [0, 0.05) is 18.3 Å². The number of benzene rings is 1. The first-order valence-electron chi connectivity index (χ1n) is 9.04. The van der Waals surface area contributed by atoms with Gasteiger partial charge < -0.3 is 11.1 Å². The van der Waals surface area contributed by atoms with Gasteiger partial charge in [0.15, 0.2) is 0 Å². The molecule has 1 saturated heterocycles. The Morgan fingerprint density at radius 1 is 1.27 bits per heavy atom. The monoisotopic (exact) mass is 399 g/mol. The van der Waals surface area contributed by atoms with E-state index in [1.54, 1.807) is 6.07 Å². The van der Waals surface area contributed by atoms with Gasteiger partial charge >= 0.3 is 0 Å². The summed E-state index contributed by atoms with van der Waals surface area (Å²) in [6, 6.07) is 5.41. The zero-order valence-electron chi connectivity index (χ0n) is 14.8.